The maximum atomic E-state index is 11.9. The molecule has 0 heterocycles. The molecule has 1 fully saturated rings. The lowest BCUT2D eigenvalue weighted by Crippen LogP contribution is -2.53. The van der Waals surface area contributed by atoms with E-state index in [1.807, 2.05) is 0 Å². The van der Waals surface area contributed by atoms with Gasteiger partial charge in [0.15, 0.2) is 0 Å². The SMILES string of the molecule is O=C(Nc1ccccc1Cl)NC1(C(=O)O)CCCC1. The second-order valence-electron chi connectivity index (χ2n) is 4.65. The number of hydrogen-bond donors (Lipinski definition) is 3. The number of halogens is 1. The van der Waals surface area contributed by atoms with Gasteiger partial charge in [-0.2, -0.15) is 0 Å². The van der Waals surface area contributed by atoms with Crippen LogP contribution in [0.15, 0.2) is 24.3 Å². The van der Waals surface area contributed by atoms with Gasteiger partial charge in [-0.25, -0.2) is 9.59 Å². The number of aliphatic carboxylic acids is 1. The molecule has 0 aromatic heterocycles. The third kappa shape index (κ3) is 2.98. The minimum Gasteiger partial charge on any atom is -0.480 e. The highest BCUT2D eigenvalue weighted by atomic mass is 35.5. The number of carbonyl (C=O) groups is 2. The van der Waals surface area contributed by atoms with Crippen molar-refractivity contribution < 1.29 is 14.7 Å². The summed E-state index contributed by atoms with van der Waals surface area (Å²) in [6.07, 6.45) is 2.52. The molecule has 1 aliphatic carbocycles. The molecule has 2 amide bonds. The van der Waals surface area contributed by atoms with Gasteiger partial charge in [-0.1, -0.05) is 36.6 Å². The Morgan fingerprint density at radius 2 is 1.84 bits per heavy atom. The fourth-order valence-corrected chi connectivity index (χ4v) is 2.49. The molecule has 0 saturated heterocycles. The predicted molar refractivity (Wildman–Crippen MR) is 72.4 cm³/mol. The van der Waals surface area contributed by atoms with Gasteiger partial charge in [0.05, 0.1) is 10.7 Å². The van der Waals surface area contributed by atoms with Crippen molar-refractivity contribution in [2.75, 3.05) is 5.32 Å². The van der Waals surface area contributed by atoms with E-state index in [1.54, 1.807) is 24.3 Å². The maximum absolute atomic E-state index is 11.9. The van der Waals surface area contributed by atoms with Crippen molar-refractivity contribution in [2.24, 2.45) is 0 Å². The summed E-state index contributed by atoms with van der Waals surface area (Å²) in [7, 11) is 0. The summed E-state index contributed by atoms with van der Waals surface area (Å²) in [4.78, 5) is 23.2. The number of carboxylic acids is 1. The fourth-order valence-electron chi connectivity index (χ4n) is 2.30. The summed E-state index contributed by atoms with van der Waals surface area (Å²) in [5, 5.41) is 14.8. The molecule has 2 rings (SSSR count). The molecule has 1 aromatic carbocycles. The molecular formula is C13H15ClN2O3. The van der Waals surface area contributed by atoms with E-state index in [1.165, 1.54) is 0 Å². The zero-order valence-corrected chi connectivity index (χ0v) is 11.0. The lowest BCUT2D eigenvalue weighted by atomic mass is 9.98. The van der Waals surface area contributed by atoms with Gasteiger partial charge in [0.25, 0.3) is 0 Å². The first kappa shape index (κ1) is 13.7. The molecule has 0 bridgehead atoms. The first-order valence-electron chi connectivity index (χ1n) is 6.11. The highest BCUT2D eigenvalue weighted by molar-refractivity contribution is 6.33. The molecule has 1 saturated carbocycles. The number of hydrogen-bond acceptors (Lipinski definition) is 2. The summed E-state index contributed by atoms with van der Waals surface area (Å²) in [6, 6.07) is 6.26. The average molecular weight is 283 g/mol. The molecule has 19 heavy (non-hydrogen) atoms. The first-order valence-corrected chi connectivity index (χ1v) is 6.48. The van der Waals surface area contributed by atoms with Crippen molar-refractivity contribution in [3.8, 4) is 0 Å². The molecule has 0 radical (unpaired) electrons. The number of anilines is 1. The number of urea groups is 1. The van der Waals surface area contributed by atoms with E-state index in [-0.39, 0.29) is 0 Å². The molecule has 6 heteroatoms. The summed E-state index contributed by atoms with van der Waals surface area (Å²) < 4.78 is 0. The van der Waals surface area contributed by atoms with E-state index >= 15 is 0 Å². The normalized spacial score (nSPS) is 16.9. The van der Waals surface area contributed by atoms with Gasteiger partial charge in [-0.15, -0.1) is 0 Å². The number of carboxylic acid groups (broad SMARTS) is 1. The predicted octanol–water partition coefficient (Wildman–Crippen LogP) is 2.86. The molecule has 0 unspecified atom stereocenters. The van der Waals surface area contributed by atoms with Crippen LogP contribution >= 0.6 is 11.6 Å². The first-order chi connectivity index (χ1) is 9.03. The zero-order chi connectivity index (χ0) is 13.9. The summed E-state index contributed by atoms with van der Waals surface area (Å²) in [5.74, 6) is -0.987. The topological polar surface area (TPSA) is 78.4 Å². The average Bonchev–Trinajstić information content (AvgIpc) is 2.82. The molecule has 1 aromatic rings. The number of amides is 2. The largest absolute Gasteiger partial charge is 0.480 e. The molecular weight excluding hydrogens is 268 g/mol. The second kappa shape index (κ2) is 5.48. The van der Waals surface area contributed by atoms with E-state index in [4.69, 9.17) is 11.6 Å². The number of benzene rings is 1. The van der Waals surface area contributed by atoms with Gasteiger partial charge in [0.2, 0.25) is 0 Å². The van der Waals surface area contributed by atoms with Gasteiger partial charge in [-0.05, 0) is 25.0 Å². The Kier molecular flexibility index (Phi) is 3.95. The zero-order valence-electron chi connectivity index (χ0n) is 10.3. The summed E-state index contributed by atoms with van der Waals surface area (Å²) in [6.45, 7) is 0. The maximum Gasteiger partial charge on any atom is 0.329 e. The van der Waals surface area contributed by atoms with E-state index in [0.717, 1.165) is 12.8 Å². The van der Waals surface area contributed by atoms with Crippen LogP contribution in [0, 0.1) is 0 Å². The third-order valence-electron chi connectivity index (χ3n) is 3.34. The van der Waals surface area contributed by atoms with E-state index < -0.39 is 17.5 Å². The van der Waals surface area contributed by atoms with Gasteiger partial charge >= 0.3 is 12.0 Å². The smallest absolute Gasteiger partial charge is 0.329 e. The van der Waals surface area contributed by atoms with Crippen LogP contribution in [0.4, 0.5) is 10.5 Å². The van der Waals surface area contributed by atoms with E-state index in [0.29, 0.717) is 23.6 Å². The molecule has 5 nitrogen and oxygen atoms in total. The van der Waals surface area contributed by atoms with Gasteiger partial charge < -0.3 is 15.7 Å². The Hall–Kier alpha value is -1.75. The van der Waals surface area contributed by atoms with Crippen LogP contribution in [-0.4, -0.2) is 22.6 Å². The van der Waals surface area contributed by atoms with E-state index in [9.17, 15) is 14.7 Å². The Labute approximate surface area is 116 Å². The quantitative estimate of drug-likeness (QED) is 0.797. The standard InChI is InChI=1S/C13H15ClN2O3/c14-9-5-1-2-6-10(9)15-12(19)16-13(11(17)18)7-3-4-8-13/h1-2,5-6H,3-4,7-8H2,(H,17,18)(H2,15,16,19). The molecule has 3 N–H and O–H groups in total. The van der Waals surface area contributed by atoms with Crippen molar-refractivity contribution in [3.05, 3.63) is 29.3 Å². The Bertz CT molecular complexity index is 498. The molecule has 0 atom stereocenters. The number of nitrogens with one attached hydrogen (secondary N) is 2. The molecule has 0 spiro atoms. The monoisotopic (exact) mass is 282 g/mol. The Morgan fingerprint density at radius 3 is 2.42 bits per heavy atom. The van der Waals surface area contributed by atoms with Crippen molar-refractivity contribution in [1.29, 1.82) is 0 Å². The lowest BCUT2D eigenvalue weighted by Gasteiger charge is -2.25. The second-order valence-corrected chi connectivity index (χ2v) is 5.06. The fraction of sp³-hybridized carbons (Fsp3) is 0.385. The highest BCUT2D eigenvalue weighted by Crippen LogP contribution is 2.30. The van der Waals surface area contributed by atoms with Crippen LogP contribution < -0.4 is 10.6 Å². The van der Waals surface area contributed by atoms with E-state index in [2.05, 4.69) is 10.6 Å². The Balaban J connectivity index is 2.05. The third-order valence-corrected chi connectivity index (χ3v) is 3.67. The Morgan fingerprint density at radius 1 is 1.21 bits per heavy atom. The molecule has 102 valence electrons. The van der Waals surface area contributed by atoms with Crippen LogP contribution in [0.25, 0.3) is 0 Å². The minimum absolute atomic E-state index is 0.411. The van der Waals surface area contributed by atoms with Crippen LogP contribution in [0.2, 0.25) is 5.02 Å². The number of para-hydroxylation sites is 1. The van der Waals surface area contributed by atoms with Crippen molar-refractivity contribution in [1.82, 2.24) is 5.32 Å². The number of rotatable bonds is 3. The van der Waals surface area contributed by atoms with Crippen LogP contribution in [0.3, 0.4) is 0 Å². The molecule has 0 aliphatic heterocycles. The van der Waals surface area contributed by atoms with Gasteiger partial charge in [0, 0.05) is 0 Å². The summed E-state index contributed by atoms with van der Waals surface area (Å²) in [5.41, 5.74) is -0.689. The summed E-state index contributed by atoms with van der Waals surface area (Å²) >= 11 is 5.92. The highest BCUT2D eigenvalue weighted by Gasteiger charge is 2.42. The minimum atomic E-state index is -1.15. The van der Waals surface area contributed by atoms with Gasteiger partial charge in [0.1, 0.15) is 5.54 Å². The van der Waals surface area contributed by atoms with Gasteiger partial charge in [-0.3, -0.25) is 0 Å². The molecule has 1 aliphatic rings. The lowest BCUT2D eigenvalue weighted by molar-refractivity contribution is -0.144. The van der Waals surface area contributed by atoms with Crippen molar-refractivity contribution >= 4 is 29.3 Å². The number of carbonyl (C=O) groups excluding carboxylic acids is 1. The van der Waals surface area contributed by atoms with Crippen LogP contribution in [-0.2, 0) is 4.79 Å². The van der Waals surface area contributed by atoms with Crippen molar-refractivity contribution in [2.45, 2.75) is 31.2 Å². The van der Waals surface area contributed by atoms with Crippen LogP contribution in [0.1, 0.15) is 25.7 Å². The van der Waals surface area contributed by atoms with Crippen molar-refractivity contribution in [3.63, 3.8) is 0 Å². The van der Waals surface area contributed by atoms with Crippen LogP contribution in [0.5, 0.6) is 0 Å².